The third-order valence-corrected chi connectivity index (χ3v) is 6.79. The van der Waals surface area contributed by atoms with E-state index in [0.717, 1.165) is 31.9 Å². The number of hydrogen-bond acceptors (Lipinski definition) is 5. The lowest BCUT2D eigenvalue weighted by Gasteiger charge is -2.40. The van der Waals surface area contributed by atoms with Crippen molar-refractivity contribution in [1.29, 1.82) is 0 Å². The van der Waals surface area contributed by atoms with E-state index in [-0.39, 0.29) is 30.7 Å². The zero-order chi connectivity index (χ0) is 21.1. The summed E-state index contributed by atoms with van der Waals surface area (Å²) in [6.45, 7) is 6.67. The summed E-state index contributed by atoms with van der Waals surface area (Å²) in [7, 11) is 0. The van der Waals surface area contributed by atoms with Gasteiger partial charge in [-0.05, 0) is 44.0 Å². The van der Waals surface area contributed by atoms with E-state index in [9.17, 15) is 14.4 Å². The van der Waals surface area contributed by atoms with Crippen molar-refractivity contribution < 1.29 is 14.4 Å². The molecule has 4 rings (SSSR count). The average molecular weight is 413 g/mol. The van der Waals surface area contributed by atoms with Gasteiger partial charge in [-0.3, -0.25) is 19.3 Å². The minimum absolute atomic E-state index is 0.0187. The lowest BCUT2D eigenvalue weighted by Crippen LogP contribution is -2.56. The second-order valence-corrected chi connectivity index (χ2v) is 8.69. The van der Waals surface area contributed by atoms with E-state index in [2.05, 4.69) is 4.90 Å². The van der Waals surface area contributed by atoms with Gasteiger partial charge in [-0.2, -0.15) is 0 Å². The van der Waals surface area contributed by atoms with Crippen molar-refractivity contribution >= 4 is 23.3 Å². The van der Waals surface area contributed by atoms with Crippen molar-refractivity contribution in [2.45, 2.75) is 38.6 Å². The van der Waals surface area contributed by atoms with Crippen LogP contribution in [-0.2, 0) is 9.59 Å². The quantitative estimate of drug-likeness (QED) is 0.688. The number of carbonyl (C=O) groups excluding carboxylic acids is 3. The van der Waals surface area contributed by atoms with Crippen molar-refractivity contribution in [2.75, 3.05) is 57.3 Å². The fourth-order valence-corrected chi connectivity index (χ4v) is 4.87. The number of amides is 2. The number of ketones is 1. The SMILES string of the molecule is CC(=O)c1ccc(N2CCN(CC(=O)N3CCN(C4CCCC4)CC3)C(=O)C2)cc1. The van der Waals surface area contributed by atoms with Crippen molar-refractivity contribution in [3.8, 4) is 0 Å². The van der Waals surface area contributed by atoms with Crippen LogP contribution < -0.4 is 4.90 Å². The first-order valence-corrected chi connectivity index (χ1v) is 11.2. The minimum Gasteiger partial charge on any atom is -0.360 e. The van der Waals surface area contributed by atoms with E-state index in [1.165, 1.54) is 25.7 Å². The van der Waals surface area contributed by atoms with E-state index in [1.54, 1.807) is 24.0 Å². The summed E-state index contributed by atoms with van der Waals surface area (Å²) >= 11 is 0. The molecule has 0 bridgehead atoms. The Morgan fingerprint density at radius 2 is 1.60 bits per heavy atom. The second kappa shape index (κ2) is 9.16. The van der Waals surface area contributed by atoms with Crippen LogP contribution >= 0.6 is 0 Å². The molecule has 1 aromatic carbocycles. The Bertz CT molecular complexity index is 780. The second-order valence-electron chi connectivity index (χ2n) is 8.69. The van der Waals surface area contributed by atoms with E-state index >= 15 is 0 Å². The zero-order valence-corrected chi connectivity index (χ0v) is 17.9. The van der Waals surface area contributed by atoms with Crippen LogP contribution in [0.4, 0.5) is 5.69 Å². The molecular weight excluding hydrogens is 380 g/mol. The van der Waals surface area contributed by atoms with E-state index < -0.39 is 0 Å². The molecule has 2 aliphatic heterocycles. The Hall–Kier alpha value is -2.41. The smallest absolute Gasteiger partial charge is 0.242 e. The van der Waals surface area contributed by atoms with Crippen LogP contribution in [0.25, 0.3) is 0 Å². The van der Waals surface area contributed by atoms with E-state index in [1.807, 2.05) is 21.9 Å². The molecule has 3 fully saturated rings. The molecule has 2 amide bonds. The summed E-state index contributed by atoms with van der Waals surface area (Å²) in [6, 6.07) is 8.07. The van der Waals surface area contributed by atoms with E-state index in [4.69, 9.17) is 0 Å². The Kier molecular flexibility index (Phi) is 6.37. The van der Waals surface area contributed by atoms with Crippen molar-refractivity contribution in [3.63, 3.8) is 0 Å². The first-order valence-electron chi connectivity index (χ1n) is 11.2. The van der Waals surface area contributed by atoms with Crippen LogP contribution in [0.2, 0.25) is 0 Å². The van der Waals surface area contributed by atoms with Gasteiger partial charge in [0.05, 0.1) is 13.1 Å². The summed E-state index contributed by atoms with van der Waals surface area (Å²) in [6.07, 6.45) is 5.26. The highest BCUT2D eigenvalue weighted by Gasteiger charge is 2.30. The molecule has 1 aliphatic carbocycles. The number of piperazine rings is 2. The van der Waals surface area contributed by atoms with Gasteiger partial charge in [0.15, 0.2) is 5.78 Å². The van der Waals surface area contributed by atoms with Crippen molar-refractivity contribution in [1.82, 2.24) is 14.7 Å². The molecule has 1 aromatic rings. The molecule has 0 N–H and O–H groups in total. The van der Waals surface area contributed by atoms with Gasteiger partial charge in [-0.15, -0.1) is 0 Å². The van der Waals surface area contributed by atoms with Gasteiger partial charge in [0.25, 0.3) is 0 Å². The molecule has 1 saturated carbocycles. The predicted octanol–water partition coefficient (Wildman–Crippen LogP) is 1.62. The summed E-state index contributed by atoms with van der Waals surface area (Å²) < 4.78 is 0. The molecule has 0 unspecified atom stereocenters. The Morgan fingerprint density at radius 1 is 0.933 bits per heavy atom. The third kappa shape index (κ3) is 4.67. The van der Waals surface area contributed by atoms with Gasteiger partial charge in [0, 0.05) is 56.6 Å². The van der Waals surface area contributed by atoms with Gasteiger partial charge in [-0.25, -0.2) is 0 Å². The summed E-state index contributed by atoms with van der Waals surface area (Å²) in [5.41, 5.74) is 1.60. The Morgan fingerprint density at radius 3 is 2.20 bits per heavy atom. The van der Waals surface area contributed by atoms with Crippen molar-refractivity contribution in [3.05, 3.63) is 29.8 Å². The summed E-state index contributed by atoms with van der Waals surface area (Å²) in [5, 5.41) is 0. The maximum atomic E-state index is 12.8. The van der Waals surface area contributed by atoms with Crippen LogP contribution in [0.3, 0.4) is 0 Å². The summed E-state index contributed by atoms with van der Waals surface area (Å²) in [5.74, 6) is 0.0774. The lowest BCUT2D eigenvalue weighted by atomic mass is 10.1. The van der Waals surface area contributed by atoms with Gasteiger partial charge in [-0.1, -0.05) is 12.8 Å². The van der Waals surface area contributed by atoms with Gasteiger partial charge in [0.2, 0.25) is 11.8 Å². The molecular formula is C23H32N4O3. The fraction of sp³-hybridized carbons (Fsp3) is 0.609. The number of nitrogens with zero attached hydrogens (tertiary/aromatic N) is 4. The highest BCUT2D eigenvalue weighted by atomic mass is 16.2. The number of Topliss-reactive ketones (excluding diaryl/α,β-unsaturated/α-hetero) is 1. The van der Waals surface area contributed by atoms with Crippen LogP contribution in [0.1, 0.15) is 43.0 Å². The minimum atomic E-state index is -0.0187. The standard InChI is InChI=1S/C23H32N4O3/c1-18(28)19-6-8-21(9-7-19)26-14-15-27(23(30)16-26)17-22(29)25-12-10-24(11-13-25)20-4-2-3-5-20/h6-9,20H,2-5,10-17H2,1H3. The highest BCUT2D eigenvalue weighted by molar-refractivity contribution is 5.94. The number of rotatable bonds is 5. The maximum absolute atomic E-state index is 12.8. The molecule has 162 valence electrons. The molecule has 2 heterocycles. The molecule has 0 aromatic heterocycles. The van der Waals surface area contributed by atoms with Crippen LogP contribution in [0.15, 0.2) is 24.3 Å². The molecule has 7 nitrogen and oxygen atoms in total. The number of benzene rings is 1. The third-order valence-electron chi connectivity index (χ3n) is 6.79. The topological polar surface area (TPSA) is 64.2 Å². The molecule has 0 atom stereocenters. The Balaban J connectivity index is 1.25. The van der Waals surface area contributed by atoms with Crippen molar-refractivity contribution in [2.24, 2.45) is 0 Å². The number of anilines is 1. The molecule has 2 saturated heterocycles. The van der Waals surface area contributed by atoms with Crippen LogP contribution in [0.5, 0.6) is 0 Å². The average Bonchev–Trinajstić information content (AvgIpc) is 3.30. The van der Waals surface area contributed by atoms with Crippen LogP contribution in [0, 0.1) is 0 Å². The lowest BCUT2D eigenvalue weighted by molar-refractivity contribution is -0.141. The van der Waals surface area contributed by atoms with Gasteiger partial charge in [0.1, 0.15) is 0 Å². The summed E-state index contributed by atoms with van der Waals surface area (Å²) in [4.78, 5) is 45.0. The first-order chi connectivity index (χ1) is 14.5. The zero-order valence-electron chi connectivity index (χ0n) is 17.9. The first kappa shape index (κ1) is 20.8. The maximum Gasteiger partial charge on any atom is 0.242 e. The van der Waals surface area contributed by atoms with E-state index in [0.29, 0.717) is 24.7 Å². The molecule has 0 spiro atoms. The molecule has 3 aliphatic rings. The molecule has 7 heteroatoms. The fourth-order valence-electron chi connectivity index (χ4n) is 4.87. The molecule has 0 radical (unpaired) electrons. The number of carbonyl (C=O) groups is 3. The largest absolute Gasteiger partial charge is 0.360 e. The molecule has 30 heavy (non-hydrogen) atoms. The van der Waals surface area contributed by atoms with Gasteiger partial charge >= 0.3 is 0 Å². The Labute approximate surface area is 178 Å². The highest BCUT2D eigenvalue weighted by Crippen LogP contribution is 2.24. The monoisotopic (exact) mass is 412 g/mol. The normalized spacial score (nSPS) is 21.4. The predicted molar refractivity (Wildman–Crippen MR) is 116 cm³/mol. The number of hydrogen-bond donors (Lipinski definition) is 0. The van der Waals surface area contributed by atoms with Crippen LogP contribution in [-0.4, -0.2) is 90.7 Å². The van der Waals surface area contributed by atoms with Gasteiger partial charge < -0.3 is 14.7 Å².